The van der Waals surface area contributed by atoms with Crippen LogP contribution in [0.2, 0.25) is 0 Å². The van der Waals surface area contributed by atoms with Crippen LogP contribution in [-0.4, -0.2) is 73.4 Å². The van der Waals surface area contributed by atoms with Crippen molar-refractivity contribution in [2.75, 3.05) is 60.7 Å². The fourth-order valence-electron chi connectivity index (χ4n) is 1.13. The number of rotatable bonds is 11. The molecule has 0 aliphatic carbocycles. The minimum absolute atomic E-state index is 0. The van der Waals surface area contributed by atoms with Gasteiger partial charge >= 0.3 is 0 Å². The van der Waals surface area contributed by atoms with Crippen LogP contribution in [0.25, 0.3) is 0 Å². The Bertz CT molecular complexity index is 269. The van der Waals surface area contributed by atoms with Crippen LogP contribution in [-0.2, 0) is 19.7 Å². The monoisotopic (exact) mass is 305 g/mol. The summed E-state index contributed by atoms with van der Waals surface area (Å²) >= 11 is 0. The van der Waals surface area contributed by atoms with E-state index in [-0.39, 0.29) is 12.4 Å². The first-order valence-corrected chi connectivity index (χ1v) is 6.89. The van der Waals surface area contributed by atoms with E-state index in [1.54, 1.807) is 7.05 Å². The van der Waals surface area contributed by atoms with Crippen LogP contribution < -0.4 is 10.0 Å². The fourth-order valence-corrected chi connectivity index (χ4v) is 2.31. The molecule has 18 heavy (non-hydrogen) atoms. The lowest BCUT2D eigenvalue weighted by atomic mass is 10.6. The molecule has 0 unspecified atom stereocenters. The third-order valence-electron chi connectivity index (χ3n) is 2.09. The highest BCUT2D eigenvalue weighted by molar-refractivity contribution is 7.87. The lowest BCUT2D eigenvalue weighted by Gasteiger charge is -2.21. The summed E-state index contributed by atoms with van der Waals surface area (Å²) in [7, 11) is 1.38. The average molecular weight is 306 g/mol. The lowest BCUT2D eigenvalue weighted by Crippen LogP contribution is -2.45. The molecule has 9 heteroatoms. The van der Waals surface area contributed by atoms with Gasteiger partial charge in [0.2, 0.25) is 0 Å². The molecule has 0 radical (unpaired) electrons. The smallest absolute Gasteiger partial charge is 0.279 e. The van der Waals surface area contributed by atoms with Gasteiger partial charge in [-0.25, -0.2) is 4.72 Å². The fraction of sp³-hybridized carbons (Fsp3) is 1.00. The summed E-state index contributed by atoms with van der Waals surface area (Å²) in [6.45, 7) is 2.29. The maximum Gasteiger partial charge on any atom is 0.279 e. The van der Waals surface area contributed by atoms with Crippen molar-refractivity contribution in [1.29, 1.82) is 0 Å². The second-order valence-electron chi connectivity index (χ2n) is 3.39. The van der Waals surface area contributed by atoms with Gasteiger partial charge in [0.25, 0.3) is 10.2 Å². The first-order valence-electron chi connectivity index (χ1n) is 5.45. The van der Waals surface area contributed by atoms with Gasteiger partial charge in [-0.15, -0.1) is 12.4 Å². The molecule has 0 aromatic carbocycles. The van der Waals surface area contributed by atoms with E-state index in [4.69, 9.17) is 9.47 Å². The van der Waals surface area contributed by atoms with Gasteiger partial charge in [0.1, 0.15) is 0 Å². The van der Waals surface area contributed by atoms with Crippen LogP contribution in [0.4, 0.5) is 0 Å². The van der Waals surface area contributed by atoms with Crippen LogP contribution in [0.1, 0.15) is 0 Å². The molecular formula is C9H24ClN3O4S. The number of ether oxygens (including phenoxy) is 2. The van der Waals surface area contributed by atoms with E-state index < -0.39 is 10.2 Å². The normalized spacial score (nSPS) is 11.6. The predicted octanol–water partition coefficient (Wildman–Crippen LogP) is -0.943. The minimum Gasteiger partial charge on any atom is -0.383 e. The number of nitrogens with zero attached hydrogens (tertiary/aromatic N) is 1. The highest BCUT2D eigenvalue weighted by atomic mass is 35.5. The van der Waals surface area contributed by atoms with E-state index in [1.807, 2.05) is 0 Å². The molecule has 0 spiro atoms. The van der Waals surface area contributed by atoms with Crippen LogP contribution in [0.5, 0.6) is 0 Å². The first kappa shape index (κ1) is 20.4. The van der Waals surface area contributed by atoms with Gasteiger partial charge in [-0.05, 0) is 7.05 Å². The van der Waals surface area contributed by atoms with E-state index in [9.17, 15) is 8.42 Å². The van der Waals surface area contributed by atoms with Crippen molar-refractivity contribution >= 4 is 22.6 Å². The average Bonchev–Trinajstić information content (AvgIpc) is 2.29. The molecule has 0 saturated heterocycles. The molecule has 0 atom stereocenters. The summed E-state index contributed by atoms with van der Waals surface area (Å²) in [5, 5.41) is 2.87. The van der Waals surface area contributed by atoms with Gasteiger partial charge in [-0.2, -0.15) is 12.7 Å². The van der Waals surface area contributed by atoms with Crippen molar-refractivity contribution in [2.45, 2.75) is 0 Å². The Hall–Kier alpha value is 0.0400. The first-order chi connectivity index (χ1) is 8.08. The molecule has 0 heterocycles. The third-order valence-corrected chi connectivity index (χ3v) is 3.70. The third kappa shape index (κ3) is 9.03. The molecule has 0 saturated carbocycles. The van der Waals surface area contributed by atoms with Crippen LogP contribution in [0, 0.1) is 0 Å². The van der Waals surface area contributed by atoms with E-state index >= 15 is 0 Å². The van der Waals surface area contributed by atoms with Crippen LogP contribution in [0.3, 0.4) is 0 Å². The van der Waals surface area contributed by atoms with Gasteiger partial charge in [0.15, 0.2) is 0 Å². The van der Waals surface area contributed by atoms with Crippen molar-refractivity contribution in [1.82, 2.24) is 14.3 Å². The predicted molar refractivity (Wildman–Crippen MR) is 73.4 cm³/mol. The molecule has 0 fully saturated rings. The molecule has 2 N–H and O–H groups in total. The number of likely N-dealkylation sites (N-methyl/N-ethyl adjacent to an activating group) is 1. The quantitative estimate of drug-likeness (QED) is 0.482. The molecule has 0 aromatic heterocycles. The Balaban J connectivity index is 0. The summed E-state index contributed by atoms with van der Waals surface area (Å²) in [5.74, 6) is 0. The number of hydrogen-bond donors (Lipinski definition) is 2. The van der Waals surface area contributed by atoms with Gasteiger partial charge in [0, 0.05) is 40.4 Å². The number of nitrogens with one attached hydrogen (secondary N) is 2. The standard InChI is InChI=1S/C9H23N3O4S.ClH/c1-10-4-5-11-17(13,14)12(6-8-15-2)7-9-16-3;/h10-11H,4-9H2,1-3H3;1H. The summed E-state index contributed by atoms with van der Waals surface area (Å²) in [4.78, 5) is 0. The van der Waals surface area contributed by atoms with Gasteiger partial charge in [0.05, 0.1) is 13.2 Å². The number of halogens is 1. The largest absolute Gasteiger partial charge is 0.383 e. The molecule has 0 aromatic rings. The maximum absolute atomic E-state index is 11.9. The highest BCUT2D eigenvalue weighted by Crippen LogP contribution is 1.97. The zero-order valence-corrected chi connectivity index (χ0v) is 12.8. The van der Waals surface area contributed by atoms with Gasteiger partial charge < -0.3 is 14.8 Å². The van der Waals surface area contributed by atoms with Crippen molar-refractivity contribution in [3.63, 3.8) is 0 Å². The second-order valence-corrected chi connectivity index (χ2v) is 5.14. The molecule has 112 valence electrons. The van der Waals surface area contributed by atoms with Crippen LogP contribution in [0.15, 0.2) is 0 Å². The molecule has 0 aliphatic heterocycles. The molecule has 0 aliphatic rings. The van der Waals surface area contributed by atoms with Crippen molar-refractivity contribution in [3.05, 3.63) is 0 Å². The van der Waals surface area contributed by atoms with Crippen molar-refractivity contribution in [3.8, 4) is 0 Å². The lowest BCUT2D eigenvalue weighted by molar-refractivity contribution is 0.150. The summed E-state index contributed by atoms with van der Waals surface area (Å²) < 4.78 is 37.4. The summed E-state index contributed by atoms with van der Waals surface area (Å²) in [6.07, 6.45) is 0. The van der Waals surface area contributed by atoms with E-state index in [0.29, 0.717) is 39.4 Å². The van der Waals surface area contributed by atoms with Gasteiger partial charge in [-0.3, -0.25) is 0 Å². The highest BCUT2D eigenvalue weighted by Gasteiger charge is 2.20. The zero-order chi connectivity index (χ0) is 13.1. The number of methoxy groups -OCH3 is 2. The van der Waals surface area contributed by atoms with Crippen molar-refractivity contribution < 1.29 is 17.9 Å². The Morgan fingerprint density at radius 3 is 1.94 bits per heavy atom. The molecule has 7 nitrogen and oxygen atoms in total. The SMILES string of the molecule is CNCCNS(=O)(=O)N(CCOC)CCOC.Cl. The Morgan fingerprint density at radius 1 is 1.06 bits per heavy atom. The van der Waals surface area contributed by atoms with E-state index in [2.05, 4.69) is 10.0 Å². The van der Waals surface area contributed by atoms with Crippen LogP contribution >= 0.6 is 12.4 Å². The number of hydrogen-bond acceptors (Lipinski definition) is 5. The van der Waals surface area contributed by atoms with Crippen molar-refractivity contribution in [2.24, 2.45) is 0 Å². The topological polar surface area (TPSA) is 79.9 Å². The Labute approximate surface area is 116 Å². The second kappa shape index (κ2) is 12.1. The zero-order valence-electron chi connectivity index (χ0n) is 11.1. The summed E-state index contributed by atoms with van der Waals surface area (Å²) in [5.41, 5.74) is 0. The van der Waals surface area contributed by atoms with E-state index in [0.717, 1.165) is 0 Å². The maximum atomic E-state index is 11.9. The molecular weight excluding hydrogens is 282 g/mol. The molecule has 0 bridgehead atoms. The summed E-state index contributed by atoms with van der Waals surface area (Å²) in [6, 6.07) is 0. The minimum atomic E-state index is -3.46. The van der Waals surface area contributed by atoms with Gasteiger partial charge in [-0.1, -0.05) is 0 Å². The molecule has 0 amide bonds. The van der Waals surface area contributed by atoms with E-state index in [1.165, 1.54) is 18.5 Å². The molecule has 0 rings (SSSR count). The Kier molecular flexibility index (Phi) is 13.7. The Morgan fingerprint density at radius 2 is 1.56 bits per heavy atom.